The highest BCUT2D eigenvalue weighted by Gasteiger charge is 2.43. The molecule has 1 aromatic rings. The maximum Gasteiger partial charge on any atom is 0.194 e. The molecule has 4 heteroatoms. The molecule has 0 aliphatic heterocycles. The Morgan fingerprint density at radius 3 is 2.41 bits per heavy atom. The second-order valence-electron chi connectivity index (χ2n) is 5.94. The number of methoxy groups -OCH3 is 2. The van der Waals surface area contributed by atoms with Crippen LogP contribution in [0.3, 0.4) is 0 Å². The lowest BCUT2D eigenvalue weighted by Gasteiger charge is -2.38. The van der Waals surface area contributed by atoms with Gasteiger partial charge in [0.25, 0.3) is 0 Å². The second kappa shape index (κ2) is 6.41. The van der Waals surface area contributed by atoms with Gasteiger partial charge in [0.05, 0.1) is 0 Å². The van der Waals surface area contributed by atoms with Crippen molar-refractivity contribution in [2.45, 2.75) is 37.6 Å². The number of benzene rings is 1. The van der Waals surface area contributed by atoms with Gasteiger partial charge in [-0.3, -0.25) is 0 Å². The van der Waals surface area contributed by atoms with E-state index in [2.05, 4.69) is 6.08 Å². The molecule has 0 spiro atoms. The summed E-state index contributed by atoms with van der Waals surface area (Å²) in [5.41, 5.74) is 1.67. The molecule has 1 atom stereocenters. The topological polar surface area (TPSA) is 41.9 Å². The highest BCUT2D eigenvalue weighted by molar-refractivity contribution is 5.42. The molecule has 0 bridgehead atoms. The number of likely N-dealkylation sites (N-methyl/N-ethyl adjacent to an activating group) is 1. The Labute approximate surface area is 133 Å². The zero-order valence-electron chi connectivity index (χ0n) is 14.2. The van der Waals surface area contributed by atoms with Crippen molar-refractivity contribution < 1.29 is 14.6 Å². The second-order valence-corrected chi connectivity index (χ2v) is 5.94. The molecule has 0 heterocycles. The standard InChI is InChI=1S/C18H27NO3/c1-6-18(21-4,22-5)15-11-8-7-10-14(15)17(20)13-9-12-16(17)19(2)3/h7-8,10-12,20H,6,9,13H2,1-5H3. The van der Waals surface area contributed by atoms with Crippen LogP contribution in [-0.4, -0.2) is 38.3 Å². The molecule has 122 valence electrons. The molecule has 0 aromatic heterocycles. The van der Waals surface area contributed by atoms with E-state index in [1.54, 1.807) is 14.2 Å². The van der Waals surface area contributed by atoms with Crippen LogP contribution in [0.15, 0.2) is 36.0 Å². The number of allylic oxidation sites excluding steroid dienone is 1. The average molecular weight is 305 g/mol. The van der Waals surface area contributed by atoms with Gasteiger partial charge < -0.3 is 19.5 Å². The van der Waals surface area contributed by atoms with Crippen LogP contribution in [0.2, 0.25) is 0 Å². The molecular weight excluding hydrogens is 278 g/mol. The van der Waals surface area contributed by atoms with Crippen molar-refractivity contribution in [1.29, 1.82) is 0 Å². The van der Waals surface area contributed by atoms with Gasteiger partial charge in [0.2, 0.25) is 0 Å². The van der Waals surface area contributed by atoms with E-state index in [1.807, 2.05) is 50.2 Å². The van der Waals surface area contributed by atoms with Gasteiger partial charge in [-0.25, -0.2) is 0 Å². The van der Waals surface area contributed by atoms with E-state index in [0.717, 1.165) is 23.2 Å². The van der Waals surface area contributed by atoms with Crippen molar-refractivity contribution in [2.24, 2.45) is 0 Å². The highest BCUT2D eigenvalue weighted by atomic mass is 16.7. The third kappa shape index (κ3) is 2.56. The Balaban J connectivity index is 2.61. The summed E-state index contributed by atoms with van der Waals surface area (Å²) in [6.45, 7) is 2.02. The number of hydrogen-bond donors (Lipinski definition) is 1. The van der Waals surface area contributed by atoms with Crippen LogP contribution < -0.4 is 0 Å². The van der Waals surface area contributed by atoms with Crippen LogP contribution in [-0.2, 0) is 20.9 Å². The average Bonchev–Trinajstić information content (AvgIpc) is 2.93. The lowest BCUT2D eigenvalue weighted by Crippen LogP contribution is -2.38. The summed E-state index contributed by atoms with van der Waals surface area (Å²) in [6.07, 6.45) is 4.29. The fourth-order valence-corrected chi connectivity index (χ4v) is 3.50. The molecule has 0 saturated carbocycles. The molecule has 22 heavy (non-hydrogen) atoms. The molecule has 4 nitrogen and oxygen atoms in total. The maximum absolute atomic E-state index is 11.4. The van der Waals surface area contributed by atoms with Crippen molar-refractivity contribution >= 4 is 0 Å². The van der Waals surface area contributed by atoms with Crippen molar-refractivity contribution in [3.8, 4) is 0 Å². The Hall–Kier alpha value is -1.36. The molecule has 1 aliphatic carbocycles. The minimum Gasteiger partial charge on any atom is -0.379 e. The number of hydrogen-bond acceptors (Lipinski definition) is 4. The molecule has 2 rings (SSSR count). The predicted octanol–water partition coefficient (Wildman–Crippen LogP) is 2.97. The van der Waals surface area contributed by atoms with Gasteiger partial charge >= 0.3 is 0 Å². The largest absolute Gasteiger partial charge is 0.379 e. The van der Waals surface area contributed by atoms with E-state index in [0.29, 0.717) is 12.8 Å². The Morgan fingerprint density at radius 2 is 1.86 bits per heavy atom. The minimum absolute atomic E-state index is 0.661. The van der Waals surface area contributed by atoms with Crippen molar-refractivity contribution in [2.75, 3.05) is 28.3 Å². The summed E-state index contributed by atoms with van der Waals surface area (Å²) < 4.78 is 11.4. The Bertz CT molecular complexity index is 541. The predicted molar refractivity (Wildman–Crippen MR) is 87.3 cm³/mol. The number of nitrogens with zero attached hydrogens (tertiary/aromatic N) is 1. The third-order valence-electron chi connectivity index (χ3n) is 4.66. The fourth-order valence-electron chi connectivity index (χ4n) is 3.50. The summed E-state index contributed by atoms with van der Waals surface area (Å²) in [6, 6.07) is 7.86. The number of ether oxygens (including phenoxy) is 2. The van der Waals surface area contributed by atoms with E-state index in [4.69, 9.17) is 9.47 Å². The zero-order chi connectivity index (χ0) is 16.4. The first-order valence-corrected chi connectivity index (χ1v) is 7.75. The van der Waals surface area contributed by atoms with Crippen LogP contribution in [0.25, 0.3) is 0 Å². The number of rotatable bonds is 6. The summed E-state index contributed by atoms with van der Waals surface area (Å²) in [5, 5.41) is 11.4. The Kier molecular flexibility index (Phi) is 4.95. The van der Waals surface area contributed by atoms with Crippen LogP contribution in [0.1, 0.15) is 37.3 Å². The first-order valence-electron chi connectivity index (χ1n) is 7.75. The fraction of sp³-hybridized carbons (Fsp3) is 0.556. The lowest BCUT2D eigenvalue weighted by molar-refractivity contribution is -0.219. The molecular formula is C18H27NO3. The molecule has 0 saturated heterocycles. The summed E-state index contributed by atoms with van der Waals surface area (Å²) in [5.74, 6) is -0.841. The quantitative estimate of drug-likeness (QED) is 0.821. The van der Waals surface area contributed by atoms with Gasteiger partial charge in [-0.15, -0.1) is 0 Å². The summed E-state index contributed by atoms with van der Waals surface area (Å²) >= 11 is 0. The summed E-state index contributed by atoms with van der Waals surface area (Å²) in [4.78, 5) is 1.98. The van der Waals surface area contributed by atoms with E-state index >= 15 is 0 Å². The molecule has 1 N–H and O–H groups in total. The van der Waals surface area contributed by atoms with E-state index in [-0.39, 0.29) is 0 Å². The number of aliphatic hydroxyl groups is 1. The van der Waals surface area contributed by atoms with Crippen molar-refractivity contribution in [3.05, 3.63) is 47.2 Å². The van der Waals surface area contributed by atoms with Crippen LogP contribution in [0.4, 0.5) is 0 Å². The first kappa shape index (κ1) is 17.0. The zero-order valence-corrected chi connectivity index (χ0v) is 14.2. The lowest BCUT2D eigenvalue weighted by atomic mass is 9.83. The van der Waals surface area contributed by atoms with Gasteiger partial charge in [-0.1, -0.05) is 37.3 Å². The Morgan fingerprint density at radius 1 is 1.23 bits per heavy atom. The van der Waals surface area contributed by atoms with Crippen LogP contribution in [0.5, 0.6) is 0 Å². The van der Waals surface area contributed by atoms with E-state index in [9.17, 15) is 5.11 Å². The summed E-state index contributed by atoms with van der Waals surface area (Å²) in [7, 11) is 7.21. The van der Waals surface area contributed by atoms with E-state index in [1.165, 1.54) is 0 Å². The molecule has 0 fully saturated rings. The smallest absolute Gasteiger partial charge is 0.194 e. The molecule has 1 unspecified atom stereocenters. The minimum atomic E-state index is -1.00. The first-order chi connectivity index (χ1) is 10.4. The van der Waals surface area contributed by atoms with Crippen LogP contribution >= 0.6 is 0 Å². The van der Waals surface area contributed by atoms with Crippen molar-refractivity contribution in [1.82, 2.24) is 4.90 Å². The molecule has 0 radical (unpaired) electrons. The van der Waals surface area contributed by atoms with Crippen LogP contribution in [0, 0.1) is 0 Å². The third-order valence-corrected chi connectivity index (χ3v) is 4.66. The SMILES string of the molecule is CCC(OC)(OC)c1ccccc1C1(O)CCC=C1N(C)C. The van der Waals surface area contributed by atoms with Gasteiger partial charge in [-0.2, -0.15) is 0 Å². The highest BCUT2D eigenvalue weighted by Crippen LogP contribution is 2.45. The van der Waals surface area contributed by atoms with Gasteiger partial charge in [0.1, 0.15) is 5.60 Å². The molecule has 0 amide bonds. The van der Waals surface area contributed by atoms with E-state index < -0.39 is 11.4 Å². The monoisotopic (exact) mass is 305 g/mol. The normalized spacial score (nSPS) is 21.8. The molecule has 1 aromatic carbocycles. The van der Waals surface area contributed by atoms with Gasteiger partial charge in [-0.05, 0) is 18.4 Å². The van der Waals surface area contributed by atoms with Gasteiger partial charge in [0.15, 0.2) is 5.79 Å². The van der Waals surface area contributed by atoms with Gasteiger partial charge in [0, 0.05) is 46.0 Å². The van der Waals surface area contributed by atoms with Crippen molar-refractivity contribution in [3.63, 3.8) is 0 Å². The maximum atomic E-state index is 11.4. The molecule has 1 aliphatic rings.